The van der Waals surface area contributed by atoms with Gasteiger partial charge in [0.1, 0.15) is 6.10 Å². The lowest BCUT2D eigenvalue weighted by Gasteiger charge is -2.35. The van der Waals surface area contributed by atoms with Gasteiger partial charge in [-0.15, -0.1) is 5.10 Å². The summed E-state index contributed by atoms with van der Waals surface area (Å²) in [5.41, 5.74) is 3.83. The second kappa shape index (κ2) is 8.82. The summed E-state index contributed by atoms with van der Waals surface area (Å²) in [5.74, 6) is 0.740. The number of methoxy groups -OCH3 is 1. The number of hydrogen-bond donors (Lipinski definition) is 0. The van der Waals surface area contributed by atoms with Crippen molar-refractivity contribution in [2.45, 2.75) is 45.6 Å². The van der Waals surface area contributed by atoms with Crippen molar-refractivity contribution in [3.05, 3.63) is 16.8 Å². The van der Waals surface area contributed by atoms with E-state index < -0.39 is 0 Å². The molecule has 2 fully saturated rings. The highest BCUT2D eigenvalue weighted by Crippen LogP contribution is 2.30. The van der Waals surface area contributed by atoms with E-state index in [-0.39, 0.29) is 17.9 Å². The van der Waals surface area contributed by atoms with Crippen LogP contribution in [0.3, 0.4) is 0 Å². The van der Waals surface area contributed by atoms with Crippen molar-refractivity contribution in [1.82, 2.24) is 24.6 Å². The van der Waals surface area contributed by atoms with Crippen LogP contribution in [0.25, 0.3) is 11.0 Å². The minimum atomic E-state index is -0.292. The summed E-state index contributed by atoms with van der Waals surface area (Å²) in [6, 6.07) is 0. The summed E-state index contributed by atoms with van der Waals surface area (Å²) >= 11 is 0. The second-order valence-electron chi connectivity index (χ2n) is 8.34. The molecule has 0 spiro atoms. The van der Waals surface area contributed by atoms with Gasteiger partial charge < -0.3 is 19.3 Å². The zero-order valence-electron chi connectivity index (χ0n) is 18.8. The number of nitrogens with zero attached hydrogens (tertiary/aromatic N) is 5. The Morgan fingerprint density at radius 1 is 1.16 bits per heavy atom. The van der Waals surface area contributed by atoms with Gasteiger partial charge in [0.2, 0.25) is 11.8 Å². The zero-order chi connectivity index (χ0) is 22.1. The first-order chi connectivity index (χ1) is 14.9. The van der Waals surface area contributed by atoms with Crippen molar-refractivity contribution < 1.29 is 19.1 Å². The fraction of sp³-hybridized carbons (Fsp3) is 0.636. The van der Waals surface area contributed by atoms with Gasteiger partial charge in [-0.25, -0.2) is 9.67 Å². The van der Waals surface area contributed by atoms with Gasteiger partial charge in [0.15, 0.2) is 5.65 Å². The molecule has 2 amide bonds. The van der Waals surface area contributed by atoms with E-state index in [0.29, 0.717) is 51.5 Å². The minimum absolute atomic E-state index is 0.0700. The molecule has 0 aliphatic carbocycles. The van der Waals surface area contributed by atoms with E-state index in [1.54, 1.807) is 11.8 Å². The van der Waals surface area contributed by atoms with Gasteiger partial charge in [-0.3, -0.25) is 9.59 Å². The number of hydrogen-bond acceptors (Lipinski definition) is 6. The van der Waals surface area contributed by atoms with E-state index in [2.05, 4.69) is 5.10 Å². The van der Waals surface area contributed by atoms with Crippen LogP contribution in [-0.4, -0.2) is 82.4 Å². The predicted molar refractivity (Wildman–Crippen MR) is 115 cm³/mol. The first kappa shape index (κ1) is 21.5. The number of fused-ring (bicyclic) bond motifs is 1. The SMILES string of the molecule is COc1nn(C)c2nc(C)c(CCC(=O)N3CCN(C(=O)C4CCCO4)CC3)c(C)c12. The Balaban J connectivity index is 1.38. The molecular weight excluding hydrogens is 398 g/mol. The number of ether oxygens (including phenoxy) is 2. The number of aromatic nitrogens is 3. The van der Waals surface area contributed by atoms with Gasteiger partial charge >= 0.3 is 0 Å². The average molecular weight is 430 g/mol. The van der Waals surface area contributed by atoms with Crippen molar-refractivity contribution in [1.29, 1.82) is 0 Å². The van der Waals surface area contributed by atoms with Crippen molar-refractivity contribution in [2.24, 2.45) is 7.05 Å². The Labute approximate surface area is 182 Å². The molecule has 0 N–H and O–H groups in total. The molecule has 2 aliphatic heterocycles. The van der Waals surface area contributed by atoms with Gasteiger partial charge in [-0.05, 0) is 44.2 Å². The maximum atomic E-state index is 12.9. The molecule has 2 aromatic heterocycles. The molecule has 2 aliphatic rings. The topological polar surface area (TPSA) is 89.8 Å². The van der Waals surface area contributed by atoms with E-state index in [1.807, 2.05) is 30.7 Å². The third-order valence-electron chi connectivity index (χ3n) is 6.45. The summed E-state index contributed by atoms with van der Waals surface area (Å²) in [5, 5.41) is 5.29. The molecule has 0 saturated carbocycles. The lowest BCUT2D eigenvalue weighted by atomic mass is 10.00. The fourth-order valence-corrected chi connectivity index (χ4v) is 4.65. The van der Waals surface area contributed by atoms with Crippen LogP contribution >= 0.6 is 0 Å². The average Bonchev–Trinajstić information content (AvgIpc) is 3.41. The van der Waals surface area contributed by atoms with Crippen LogP contribution in [0, 0.1) is 13.8 Å². The van der Waals surface area contributed by atoms with Gasteiger partial charge in [0.25, 0.3) is 5.91 Å². The molecule has 9 nitrogen and oxygen atoms in total. The lowest BCUT2D eigenvalue weighted by molar-refractivity contribution is -0.146. The van der Waals surface area contributed by atoms with Crippen LogP contribution < -0.4 is 4.74 Å². The minimum Gasteiger partial charge on any atom is -0.479 e. The van der Waals surface area contributed by atoms with Crippen LogP contribution in [0.15, 0.2) is 0 Å². The summed E-state index contributed by atoms with van der Waals surface area (Å²) in [6.07, 6.45) is 2.49. The molecule has 9 heteroatoms. The number of rotatable bonds is 5. The van der Waals surface area contributed by atoms with Crippen LogP contribution in [0.4, 0.5) is 0 Å². The van der Waals surface area contributed by atoms with Crippen molar-refractivity contribution >= 4 is 22.8 Å². The number of pyridine rings is 1. The summed E-state index contributed by atoms with van der Waals surface area (Å²) in [6.45, 7) is 6.97. The Morgan fingerprint density at radius 3 is 2.52 bits per heavy atom. The molecule has 2 aromatic rings. The third-order valence-corrected chi connectivity index (χ3v) is 6.45. The van der Waals surface area contributed by atoms with Crippen LogP contribution in [-0.2, 0) is 27.8 Å². The van der Waals surface area contributed by atoms with Crippen molar-refractivity contribution in [3.63, 3.8) is 0 Å². The molecule has 4 rings (SSSR count). The monoisotopic (exact) mass is 429 g/mol. The van der Waals surface area contributed by atoms with E-state index in [0.717, 1.165) is 40.7 Å². The second-order valence-corrected chi connectivity index (χ2v) is 8.34. The fourth-order valence-electron chi connectivity index (χ4n) is 4.65. The van der Waals surface area contributed by atoms with Crippen LogP contribution in [0.2, 0.25) is 0 Å². The quantitative estimate of drug-likeness (QED) is 0.713. The van der Waals surface area contributed by atoms with E-state index in [4.69, 9.17) is 14.5 Å². The number of piperazine rings is 1. The predicted octanol–water partition coefficient (Wildman–Crippen LogP) is 1.38. The smallest absolute Gasteiger partial charge is 0.251 e. The van der Waals surface area contributed by atoms with Crippen molar-refractivity contribution in [2.75, 3.05) is 39.9 Å². The summed E-state index contributed by atoms with van der Waals surface area (Å²) < 4.78 is 12.7. The molecule has 4 heterocycles. The number of carbonyl (C=O) groups is 2. The first-order valence-electron chi connectivity index (χ1n) is 11.0. The van der Waals surface area contributed by atoms with Gasteiger partial charge in [0.05, 0.1) is 12.5 Å². The molecule has 0 aromatic carbocycles. The lowest BCUT2D eigenvalue weighted by Crippen LogP contribution is -2.52. The maximum Gasteiger partial charge on any atom is 0.251 e. The zero-order valence-corrected chi connectivity index (χ0v) is 18.8. The Hall–Kier alpha value is -2.68. The van der Waals surface area contributed by atoms with E-state index in [9.17, 15) is 9.59 Å². The molecule has 0 bridgehead atoms. The summed E-state index contributed by atoms with van der Waals surface area (Å²) in [4.78, 5) is 33.7. The molecule has 0 radical (unpaired) electrons. The first-order valence-corrected chi connectivity index (χ1v) is 11.0. The Bertz CT molecular complexity index is 988. The standard InChI is InChI=1S/C22H31N5O4/c1-14-16(15(2)23-20-19(14)21(30-4)24-25(20)3)7-8-18(28)26-9-11-27(12-10-26)22(29)17-6-5-13-31-17/h17H,5-13H2,1-4H3. The molecule has 168 valence electrons. The highest BCUT2D eigenvalue weighted by atomic mass is 16.5. The maximum absolute atomic E-state index is 12.9. The molecule has 1 atom stereocenters. The van der Waals surface area contributed by atoms with E-state index >= 15 is 0 Å². The molecule has 2 saturated heterocycles. The van der Waals surface area contributed by atoms with E-state index in [1.165, 1.54) is 0 Å². The molecule has 31 heavy (non-hydrogen) atoms. The normalized spacial score (nSPS) is 19.3. The van der Waals surface area contributed by atoms with Gasteiger partial charge in [-0.2, -0.15) is 0 Å². The Kier molecular flexibility index (Phi) is 6.13. The highest BCUT2D eigenvalue weighted by Gasteiger charge is 2.31. The van der Waals surface area contributed by atoms with Gasteiger partial charge in [0, 0.05) is 51.9 Å². The van der Waals surface area contributed by atoms with Crippen LogP contribution in [0.5, 0.6) is 5.88 Å². The molecule has 1 unspecified atom stereocenters. The van der Waals surface area contributed by atoms with Crippen LogP contribution in [0.1, 0.15) is 36.1 Å². The van der Waals surface area contributed by atoms with Gasteiger partial charge in [-0.1, -0.05) is 0 Å². The number of carbonyl (C=O) groups excluding carboxylic acids is 2. The summed E-state index contributed by atoms with van der Waals surface area (Å²) in [7, 11) is 3.46. The van der Waals surface area contributed by atoms with Crippen molar-refractivity contribution in [3.8, 4) is 5.88 Å². The molecular formula is C22H31N5O4. The number of aryl methyl sites for hydroxylation is 3. The largest absolute Gasteiger partial charge is 0.479 e. The Morgan fingerprint density at radius 2 is 1.87 bits per heavy atom. The third kappa shape index (κ3) is 4.11. The highest BCUT2D eigenvalue weighted by molar-refractivity contribution is 5.86. The number of amides is 2.